The summed E-state index contributed by atoms with van der Waals surface area (Å²) in [5.74, 6) is 1.07. The number of hydrogen-bond acceptors (Lipinski definition) is 4. The smallest absolute Gasteiger partial charge is 0.127 e. The minimum atomic E-state index is 0.125. The van der Waals surface area contributed by atoms with Crippen molar-refractivity contribution in [3.63, 3.8) is 0 Å². The topological polar surface area (TPSA) is 41.7 Å². The van der Waals surface area contributed by atoms with Crippen LogP contribution in [0.5, 0.6) is 5.75 Å². The van der Waals surface area contributed by atoms with E-state index in [1.165, 1.54) is 16.8 Å². The molecule has 0 amide bonds. The predicted molar refractivity (Wildman–Crippen MR) is 78.1 cm³/mol. The van der Waals surface area contributed by atoms with E-state index in [-0.39, 0.29) is 6.04 Å². The molecule has 4 nitrogen and oxygen atoms in total. The van der Waals surface area contributed by atoms with Gasteiger partial charge in [-0.25, -0.2) is 0 Å². The van der Waals surface area contributed by atoms with Crippen LogP contribution >= 0.6 is 0 Å². The molecule has 0 unspecified atom stereocenters. The van der Waals surface area contributed by atoms with E-state index in [0.29, 0.717) is 6.61 Å². The van der Waals surface area contributed by atoms with Crippen LogP contribution in [0.15, 0.2) is 12.1 Å². The van der Waals surface area contributed by atoms with Crippen molar-refractivity contribution in [2.75, 3.05) is 44.7 Å². The van der Waals surface area contributed by atoms with Crippen molar-refractivity contribution in [1.82, 2.24) is 4.90 Å². The number of ether oxygens (including phenoxy) is 1. The number of aryl methyl sites for hydroxylation is 1. The van der Waals surface area contributed by atoms with E-state index in [1.54, 1.807) is 0 Å². The number of hydrogen-bond donors (Lipinski definition) is 1. The second-order valence-corrected chi connectivity index (χ2v) is 5.77. The molecule has 104 valence electrons. The van der Waals surface area contributed by atoms with E-state index in [2.05, 4.69) is 35.9 Å². The predicted octanol–water partition coefficient (Wildman–Crippen LogP) is 1.01. The average molecular weight is 261 g/mol. The van der Waals surface area contributed by atoms with Crippen molar-refractivity contribution in [3.05, 3.63) is 23.3 Å². The third-order valence-corrected chi connectivity index (χ3v) is 4.18. The molecule has 1 atom stereocenters. The molecule has 2 aliphatic rings. The van der Waals surface area contributed by atoms with Gasteiger partial charge in [0.15, 0.2) is 0 Å². The molecule has 2 heterocycles. The van der Waals surface area contributed by atoms with Gasteiger partial charge >= 0.3 is 0 Å². The van der Waals surface area contributed by atoms with Crippen LogP contribution in [0.1, 0.15) is 11.1 Å². The minimum Gasteiger partial charge on any atom is -0.491 e. The lowest BCUT2D eigenvalue weighted by atomic mass is 9.97. The maximum Gasteiger partial charge on any atom is 0.127 e. The van der Waals surface area contributed by atoms with Crippen molar-refractivity contribution >= 4 is 5.69 Å². The van der Waals surface area contributed by atoms with Crippen LogP contribution < -0.4 is 15.4 Å². The summed E-state index contributed by atoms with van der Waals surface area (Å²) in [4.78, 5) is 4.85. The van der Waals surface area contributed by atoms with E-state index >= 15 is 0 Å². The Morgan fingerprint density at radius 3 is 2.68 bits per heavy atom. The van der Waals surface area contributed by atoms with Gasteiger partial charge in [-0.15, -0.1) is 0 Å². The number of likely N-dealkylation sites (N-methyl/N-ethyl adjacent to an activating group) is 1. The monoisotopic (exact) mass is 261 g/mol. The SMILES string of the molecule is Cc1ccc(N2CCN(C)CC2)c2c1OC[C@@H](N)C2. The lowest BCUT2D eigenvalue weighted by molar-refractivity contribution is 0.261. The fourth-order valence-corrected chi connectivity index (χ4v) is 2.99. The number of piperazine rings is 1. The Hall–Kier alpha value is -1.26. The van der Waals surface area contributed by atoms with Crippen molar-refractivity contribution in [3.8, 4) is 5.75 Å². The zero-order chi connectivity index (χ0) is 13.4. The minimum absolute atomic E-state index is 0.125. The molecule has 1 fully saturated rings. The van der Waals surface area contributed by atoms with Crippen LogP contribution in [-0.2, 0) is 6.42 Å². The maximum atomic E-state index is 6.07. The number of nitrogens with zero attached hydrogens (tertiary/aromatic N) is 2. The number of benzene rings is 1. The first-order valence-corrected chi connectivity index (χ1v) is 7.09. The highest BCUT2D eigenvalue weighted by Crippen LogP contribution is 2.36. The number of fused-ring (bicyclic) bond motifs is 1. The highest BCUT2D eigenvalue weighted by Gasteiger charge is 2.25. The lowest BCUT2D eigenvalue weighted by Gasteiger charge is -2.37. The van der Waals surface area contributed by atoms with E-state index in [0.717, 1.165) is 38.3 Å². The van der Waals surface area contributed by atoms with Crippen molar-refractivity contribution < 1.29 is 4.74 Å². The first kappa shape index (κ1) is 12.8. The first-order valence-electron chi connectivity index (χ1n) is 7.09. The normalized spacial score (nSPS) is 23.9. The molecule has 0 aromatic heterocycles. The van der Waals surface area contributed by atoms with Gasteiger partial charge in [0.25, 0.3) is 0 Å². The molecule has 0 saturated carbocycles. The quantitative estimate of drug-likeness (QED) is 0.819. The summed E-state index contributed by atoms with van der Waals surface area (Å²) in [7, 11) is 2.18. The molecule has 19 heavy (non-hydrogen) atoms. The van der Waals surface area contributed by atoms with Gasteiger partial charge in [0.1, 0.15) is 12.4 Å². The Labute approximate surface area is 115 Å². The Kier molecular flexibility index (Phi) is 3.37. The summed E-state index contributed by atoms with van der Waals surface area (Å²) in [5.41, 5.74) is 9.92. The summed E-state index contributed by atoms with van der Waals surface area (Å²) in [6.45, 7) is 7.16. The molecule has 1 aromatic rings. The Morgan fingerprint density at radius 2 is 1.95 bits per heavy atom. The van der Waals surface area contributed by atoms with Gasteiger partial charge < -0.3 is 20.3 Å². The molecule has 0 spiro atoms. The molecule has 1 saturated heterocycles. The molecule has 0 aliphatic carbocycles. The maximum absolute atomic E-state index is 6.07. The van der Waals surface area contributed by atoms with Gasteiger partial charge in [-0.05, 0) is 32.0 Å². The standard InChI is InChI=1S/C15H23N3O/c1-11-3-4-14(18-7-5-17(2)6-8-18)13-9-12(16)10-19-15(11)13/h3-4,12H,5-10,16H2,1-2H3/t12-/m0/s1. The zero-order valence-corrected chi connectivity index (χ0v) is 11.9. The van der Waals surface area contributed by atoms with E-state index in [1.807, 2.05) is 0 Å². The molecule has 0 radical (unpaired) electrons. The van der Waals surface area contributed by atoms with Crippen molar-refractivity contribution in [2.45, 2.75) is 19.4 Å². The zero-order valence-electron chi connectivity index (χ0n) is 11.9. The van der Waals surface area contributed by atoms with E-state index < -0.39 is 0 Å². The Bertz CT molecular complexity index is 467. The first-order chi connectivity index (χ1) is 9.15. The summed E-state index contributed by atoms with van der Waals surface area (Å²) < 4.78 is 5.86. The van der Waals surface area contributed by atoms with Gasteiger partial charge in [0, 0.05) is 43.5 Å². The molecular formula is C15H23N3O. The van der Waals surface area contributed by atoms with Crippen molar-refractivity contribution in [2.24, 2.45) is 5.73 Å². The lowest BCUT2D eigenvalue weighted by Crippen LogP contribution is -2.45. The van der Waals surface area contributed by atoms with Crippen LogP contribution in [0.25, 0.3) is 0 Å². The largest absolute Gasteiger partial charge is 0.491 e. The Balaban J connectivity index is 1.93. The van der Waals surface area contributed by atoms with Gasteiger partial charge in [-0.2, -0.15) is 0 Å². The summed E-state index contributed by atoms with van der Waals surface area (Å²) >= 11 is 0. The molecule has 2 N–H and O–H groups in total. The molecule has 3 rings (SSSR count). The van der Waals surface area contributed by atoms with Crippen LogP contribution in [-0.4, -0.2) is 50.8 Å². The number of nitrogens with two attached hydrogens (primary N) is 1. The fraction of sp³-hybridized carbons (Fsp3) is 0.600. The van der Waals surface area contributed by atoms with Crippen LogP contribution in [0, 0.1) is 6.92 Å². The number of rotatable bonds is 1. The van der Waals surface area contributed by atoms with Gasteiger partial charge in [0.05, 0.1) is 0 Å². The fourth-order valence-electron chi connectivity index (χ4n) is 2.99. The highest BCUT2D eigenvalue weighted by atomic mass is 16.5. The third-order valence-electron chi connectivity index (χ3n) is 4.18. The average Bonchev–Trinajstić information content (AvgIpc) is 2.40. The third kappa shape index (κ3) is 2.42. The highest BCUT2D eigenvalue weighted by molar-refractivity contribution is 5.63. The molecular weight excluding hydrogens is 238 g/mol. The molecule has 2 aliphatic heterocycles. The van der Waals surface area contributed by atoms with Gasteiger partial charge in [0.2, 0.25) is 0 Å². The molecule has 1 aromatic carbocycles. The van der Waals surface area contributed by atoms with E-state index in [9.17, 15) is 0 Å². The molecule has 0 bridgehead atoms. The summed E-state index contributed by atoms with van der Waals surface area (Å²) in [6, 6.07) is 4.53. The van der Waals surface area contributed by atoms with Gasteiger partial charge in [-0.1, -0.05) is 6.07 Å². The summed E-state index contributed by atoms with van der Waals surface area (Å²) in [5, 5.41) is 0. The van der Waals surface area contributed by atoms with Crippen LogP contribution in [0.3, 0.4) is 0 Å². The Morgan fingerprint density at radius 1 is 1.21 bits per heavy atom. The van der Waals surface area contributed by atoms with E-state index in [4.69, 9.17) is 10.5 Å². The van der Waals surface area contributed by atoms with Crippen LogP contribution in [0.2, 0.25) is 0 Å². The van der Waals surface area contributed by atoms with Crippen molar-refractivity contribution in [1.29, 1.82) is 0 Å². The molecule has 4 heteroatoms. The number of anilines is 1. The van der Waals surface area contributed by atoms with Crippen LogP contribution in [0.4, 0.5) is 5.69 Å². The summed E-state index contributed by atoms with van der Waals surface area (Å²) in [6.07, 6.45) is 0.929. The second-order valence-electron chi connectivity index (χ2n) is 5.77. The van der Waals surface area contributed by atoms with Gasteiger partial charge in [-0.3, -0.25) is 0 Å². The second kappa shape index (κ2) is 5.02.